The lowest BCUT2D eigenvalue weighted by atomic mass is 10.3. The van der Waals surface area contributed by atoms with Crippen LogP contribution < -0.4 is 9.34 Å². The molecule has 2 aromatic heterocycles. The maximum Gasteiger partial charge on any atom is 0.146 e. The van der Waals surface area contributed by atoms with Crippen LogP contribution in [-0.2, 0) is 0 Å². The van der Waals surface area contributed by atoms with Crippen LogP contribution in [0.25, 0.3) is 9.40 Å². The lowest BCUT2D eigenvalue weighted by Crippen LogP contribution is -1.92. The molecule has 0 atom stereocenters. The average Bonchev–Trinajstić information content (AvgIpc) is 3.14. The van der Waals surface area contributed by atoms with Crippen molar-refractivity contribution < 1.29 is 0 Å². The number of hydrogen-bond acceptors (Lipinski definition) is 6. The van der Waals surface area contributed by atoms with E-state index in [1.54, 1.807) is 41.4 Å². The molecule has 2 heterocycles. The summed E-state index contributed by atoms with van der Waals surface area (Å²) in [6.45, 7) is 0. The number of benzene rings is 2. The summed E-state index contributed by atoms with van der Waals surface area (Å²) >= 11 is 0. The minimum Gasteiger partial charge on any atom is -0.236 e. The number of rotatable bonds is 2. The van der Waals surface area contributed by atoms with E-state index in [1.165, 1.54) is 9.40 Å². The molecule has 108 valence electrons. The van der Waals surface area contributed by atoms with Crippen molar-refractivity contribution in [3.63, 3.8) is 0 Å². The molecule has 0 N–H and O–H groups in total. The highest BCUT2D eigenvalue weighted by Crippen LogP contribution is 2.26. The molecule has 0 spiro atoms. The highest BCUT2D eigenvalue weighted by molar-refractivity contribution is 7.78. The van der Waals surface area contributed by atoms with E-state index >= 15 is 0 Å². The van der Waals surface area contributed by atoms with E-state index < -0.39 is 0 Å². The Morgan fingerprint density at radius 2 is 0.909 bits per heavy atom. The summed E-state index contributed by atoms with van der Waals surface area (Å²) in [4.78, 5) is 9.51. The van der Waals surface area contributed by atoms with Gasteiger partial charge in [0.25, 0.3) is 0 Å². The van der Waals surface area contributed by atoms with Crippen molar-refractivity contribution in [1.29, 1.82) is 0 Å². The second-order valence-electron chi connectivity index (χ2n) is 4.50. The maximum absolute atomic E-state index is 4.75. The fourth-order valence-electron chi connectivity index (χ4n) is 1.96. The highest BCUT2D eigenvalue weighted by atomic mass is 32.9. The molecule has 2 aromatic carbocycles. The van der Waals surface area contributed by atoms with Crippen LogP contribution in [0.4, 0.5) is 11.4 Å². The Morgan fingerprint density at radius 3 is 1.32 bits per heavy atom. The molecule has 22 heavy (non-hydrogen) atoms. The van der Waals surface area contributed by atoms with Crippen molar-refractivity contribution in [3.8, 4) is 0 Å². The predicted molar refractivity (Wildman–Crippen MR) is 98.8 cm³/mol. The summed E-state index contributed by atoms with van der Waals surface area (Å²) in [5.41, 5.74) is 2.00. The Balaban J connectivity index is 1.86. The van der Waals surface area contributed by atoms with Gasteiger partial charge in [0.1, 0.15) is 9.34 Å². The highest BCUT2D eigenvalue weighted by Gasteiger charge is 2.06. The van der Waals surface area contributed by atoms with Crippen LogP contribution in [0.3, 0.4) is 0 Å². The number of nitrogens with zero attached hydrogens (tertiary/aromatic N) is 2. The molecule has 0 aliphatic carbocycles. The van der Waals surface area contributed by atoms with E-state index in [9.17, 15) is 0 Å². The Kier molecular flexibility index (Phi) is 3.99. The molecule has 4 aromatic rings. The summed E-state index contributed by atoms with van der Waals surface area (Å²) in [6.07, 6.45) is 0. The van der Waals surface area contributed by atoms with Crippen molar-refractivity contribution in [2.75, 3.05) is 0 Å². The van der Waals surface area contributed by atoms with E-state index in [1.807, 2.05) is 60.7 Å². The minimum absolute atomic E-state index is 0.999. The first-order valence-electron chi connectivity index (χ1n) is 6.62. The van der Waals surface area contributed by atoms with Gasteiger partial charge >= 0.3 is 0 Å². The average molecular weight is 359 g/mol. The molecule has 0 saturated heterocycles. The second-order valence-corrected chi connectivity index (χ2v) is 8.75. The third kappa shape index (κ3) is 2.83. The molecule has 2 nitrogen and oxygen atoms in total. The molecular weight excluding hydrogens is 348 g/mol. The van der Waals surface area contributed by atoms with E-state index in [2.05, 4.69) is 0 Å². The topological polar surface area (TPSA) is 24.7 Å². The summed E-state index contributed by atoms with van der Waals surface area (Å²) in [7, 11) is 6.96. The molecule has 0 aliphatic heterocycles. The van der Waals surface area contributed by atoms with Gasteiger partial charge in [-0.05, 0) is 24.3 Å². The van der Waals surface area contributed by atoms with Gasteiger partial charge in [0.2, 0.25) is 0 Å². The summed E-state index contributed by atoms with van der Waals surface area (Å²) in [5.74, 6) is 0. The van der Waals surface area contributed by atoms with E-state index in [-0.39, 0.29) is 0 Å². The molecule has 0 unspecified atom stereocenters. The van der Waals surface area contributed by atoms with Crippen LogP contribution >= 0.6 is 41.4 Å². The number of para-hydroxylation sites is 2. The fourth-order valence-corrected chi connectivity index (χ4v) is 8.00. The number of hydrogen-bond donors (Lipinski definition) is 0. The van der Waals surface area contributed by atoms with Gasteiger partial charge < -0.3 is 0 Å². The molecule has 4 rings (SSSR count). The van der Waals surface area contributed by atoms with Gasteiger partial charge in [0, 0.05) is 0 Å². The van der Waals surface area contributed by atoms with Crippen LogP contribution in [0.2, 0.25) is 0 Å². The Bertz CT molecular complexity index is 935. The molecule has 6 heteroatoms. The van der Waals surface area contributed by atoms with Crippen LogP contribution in [0, 0.1) is 0 Å². The standard InChI is InChI=1S/C16H10N2S4/c1-3-7-11(8-4-1)17-15-13-14(20-21-15)16(22-19-13)18-12-9-5-2-6-10-12/h1-10H. The Hall–Kier alpha value is -1.60. The van der Waals surface area contributed by atoms with Gasteiger partial charge in [0.15, 0.2) is 0 Å². The third-order valence-electron chi connectivity index (χ3n) is 2.98. The van der Waals surface area contributed by atoms with Crippen molar-refractivity contribution in [2.45, 2.75) is 0 Å². The van der Waals surface area contributed by atoms with Gasteiger partial charge in [-0.3, -0.25) is 0 Å². The largest absolute Gasteiger partial charge is 0.236 e. The lowest BCUT2D eigenvalue weighted by Gasteiger charge is -1.88. The lowest BCUT2D eigenvalue weighted by molar-refractivity contribution is 1.43. The van der Waals surface area contributed by atoms with E-state index in [0.29, 0.717) is 0 Å². The molecule has 0 radical (unpaired) electrons. The smallest absolute Gasteiger partial charge is 0.146 e. The van der Waals surface area contributed by atoms with Gasteiger partial charge in [-0.25, -0.2) is 9.98 Å². The first-order valence-corrected chi connectivity index (χ1v) is 10.9. The zero-order valence-corrected chi connectivity index (χ0v) is 14.6. The zero-order chi connectivity index (χ0) is 14.8. The molecule has 0 saturated carbocycles. The van der Waals surface area contributed by atoms with Crippen molar-refractivity contribution in [2.24, 2.45) is 9.98 Å². The maximum atomic E-state index is 4.75. The van der Waals surface area contributed by atoms with E-state index in [0.717, 1.165) is 20.7 Å². The molecule has 0 bridgehead atoms. The van der Waals surface area contributed by atoms with Gasteiger partial charge in [-0.15, -0.1) is 0 Å². The fraction of sp³-hybridized carbons (Fsp3) is 0. The van der Waals surface area contributed by atoms with Gasteiger partial charge in [-0.1, -0.05) is 77.8 Å². The first kappa shape index (κ1) is 14.0. The van der Waals surface area contributed by atoms with Crippen molar-refractivity contribution in [1.82, 2.24) is 0 Å². The van der Waals surface area contributed by atoms with Gasteiger partial charge in [-0.2, -0.15) is 0 Å². The first-order chi connectivity index (χ1) is 10.9. The van der Waals surface area contributed by atoms with E-state index in [4.69, 9.17) is 9.98 Å². The Labute approximate surface area is 141 Å². The van der Waals surface area contributed by atoms with Crippen molar-refractivity contribution in [3.05, 3.63) is 70.0 Å². The normalized spacial score (nSPS) is 13.1. The summed E-state index contributed by atoms with van der Waals surface area (Å²) in [5, 5.41) is 0. The van der Waals surface area contributed by atoms with Crippen LogP contribution in [0.1, 0.15) is 0 Å². The predicted octanol–water partition coefficient (Wildman–Crippen LogP) is 5.55. The molecule has 0 aliphatic rings. The van der Waals surface area contributed by atoms with Crippen LogP contribution in [0.5, 0.6) is 0 Å². The molecular formula is C16H10N2S4. The Morgan fingerprint density at radius 1 is 0.500 bits per heavy atom. The summed E-state index contributed by atoms with van der Waals surface area (Å²) < 4.78 is 4.67. The second kappa shape index (κ2) is 6.26. The monoisotopic (exact) mass is 358 g/mol. The molecule has 0 amide bonds. The minimum atomic E-state index is 0.999. The third-order valence-corrected chi connectivity index (χ3v) is 8.01. The van der Waals surface area contributed by atoms with Crippen LogP contribution in [0.15, 0.2) is 70.6 Å². The summed E-state index contributed by atoms with van der Waals surface area (Å²) in [6, 6.07) is 20.2. The van der Waals surface area contributed by atoms with Crippen molar-refractivity contribution >= 4 is 62.1 Å². The zero-order valence-electron chi connectivity index (χ0n) is 11.3. The van der Waals surface area contributed by atoms with Gasteiger partial charge in [0.05, 0.1) is 20.8 Å². The molecule has 0 fully saturated rings. The number of fused-ring (bicyclic) bond motifs is 1. The SMILES string of the molecule is c1ccc(N=c2ssc3c(=Nc4ccccc4)ssc23)cc1. The quantitative estimate of drug-likeness (QED) is 0.420. The van der Waals surface area contributed by atoms with Crippen LogP contribution in [-0.4, -0.2) is 0 Å².